The van der Waals surface area contributed by atoms with Gasteiger partial charge in [0.25, 0.3) is 0 Å². The summed E-state index contributed by atoms with van der Waals surface area (Å²) in [6.07, 6.45) is -5.46. The van der Waals surface area contributed by atoms with E-state index in [1.165, 1.54) is 0 Å². The van der Waals surface area contributed by atoms with Crippen molar-refractivity contribution in [3.05, 3.63) is 24.3 Å². The summed E-state index contributed by atoms with van der Waals surface area (Å²) in [4.78, 5) is 10.6. The van der Waals surface area contributed by atoms with Crippen molar-refractivity contribution in [3.8, 4) is 5.75 Å². The predicted molar refractivity (Wildman–Crippen MR) is 71.2 cm³/mol. The molecule has 1 unspecified atom stereocenters. The first-order valence-corrected chi connectivity index (χ1v) is 6.29. The summed E-state index contributed by atoms with van der Waals surface area (Å²) in [5, 5.41) is 13.7. The van der Waals surface area contributed by atoms with Gasteiger partial charge in [-0.2, -0.15) is 13.2 Å². The summed E-state index contributed by atoms with van der Waals surface area (Å²) in [5.41, 5.74) is 0.638. The lowest BCUT2D eigenvalue weighted by Gasteiger charge is -2.12. The molecule has 21 heavy (non-hydrogen) atoms. The van der Waals surface area contributed by atoms with Crippen molar-refractivity contribution in [1.82, 2.24) is 5.32 Å². The standard InChI is InChI=1S/C13H17F3N2O3/c1-9(19)8-21-11-4-2-3-10(7-11)17-5-6-18-12(20)13(14,15)16/h2-4,7,9,17,19H,5-6,8H2,1H3,(H,18,20). The van der Waals surface area contributed by atoms with Crippen LogP contribution in [0.2, 0.25) is 0 Å². The minimum absolute atomic E-state index is 0.141. The number of amides is 1. The summed E-state index contributed by atoms with van der Waals surface area (Å²) < 4.78 is 41.1. The molecular formula is C13H17F3N2O3. The molecule has 1 amide bonds. The summed E-state index contributed by atoms with van der Waals surface area (Å²) >= 11 is 0. The molecule has 5 nitrogen and oxygen atoms in total. The highest BCUT2D eigenvalue weighted by molar-refractivity contribution is 5.81. The number of carbonyl (C=O) groups is 1. The molecule has 3 N–H and O–H groups in total. The Kier molecular flexibility index (Phi) is 6.29. The number of ether oxygens (including phenoxy) is 1. The van der Waals surface area contributed by atoms with Crippen molar-refractivity contribution >= 4 is 11.6 Å². The normalized spacial score (nSPS) is 12.6. The van der Waals surface area contributed by atoms with Crippen LogP contribution in [0.5, 0.6) is 5.75 Å². The van der Waals surface area contributed by atoms with Gasteiger partial charge in [0.1, 0.15) is 12.4 Å². The number of benzene rings is 1. The van der Waals surface area contributed by atoms with Crippen molar-refractivity contribution < 1.29 is 27.8 Å². The maximum absolute atomic E-state index is 11.9. The maximum atomic E-state index is 11.9. The number of rotatable bonds is 7. The quantitative estimate of drug-likeness (QED) is 0.668. The molecule has 1 atom stereocenters. The fraction of sp³-hybridized carbons (Fsp3) is 0.462. The van der Waals surface area contributed by atoms with E-state index in [0.717, 1.165) is 0 Å². The molecule has 1 aromatic carbocycles. The van der Waals surface area contributed by atoms with E-state index in [9.17, 15) is 18.0 Å². The molecule has 0 saturated heterocycles. The highest BCUT2D eigenvalue weighted by atomic mass is 19.4. The molecule has 0 heterocycles. The third kappa shape index (κ3) is 6.84. The number of aliphatic hydroxyl groups is 1. The fourth-order valence-corrected chi connectivity index (χ4v) is 1.40. The maximum Gasteiger partial charge on any atom is 0.471 e. The van der Waals surface area contributed by atoms with Crippen LogP contribution < -0.4 is 15.4 Å². The van der Waals surface area contributed by atoms with Crippen LogP contribution in [0.4, 0.5) is 18.9 Å². The van der Waals surface area contributed by atoms with Gasteiger partial charge in [-0.1, -0.05) is 6.07 Å². The van der Waals surface area contributed by atoms with Crippen molar-refractivity contribution in [2.24, 2.45) is 0 Å². The second-order valence-corrected chi connectivity index (χ2v) is 4.37. The van der Waals surface area contributed by atoms with E-state index < -0.39 is 18.2 Å². The number of hydrogen-bond donors (Lipinski definition) is 3. The Morgan fingerprint density at radius 2 is 2.10 bits per heavy atom. The molecule has 0 saturated carbocycles. The molecule has 0 radical (unpaired) electrons. The lowest BCUT2D eigenvalue weighted by Crippen LogP contribution is -2.39. The second kappa shape index (κ2) is 7.72. The fourth-order valence-electron chi connectivity index (χ4n) is 1.40. The number of halogens is 3. The molecule has 0 bridgehead atoms. The van der Waals surface area contributed by atoms with Crippen LogP contribution in [0.25, 0.3) is 0 Å². The van der Waals surface area contributed by atoms with Gasteiger partial charge in [-0.05, 0) is 19.1 Å². The summed E-state index contributed by atoms with van der Waals surface area (Å²) in [5.74, 6) is -1.43. The Morgan fingerprint density at radius 1 is 1.38 bits per heavy atom. The number of nitrogens with one attached hydrogen (secondary N) is 2. The zero-order valence-corrected chi connectivity index (χ0v) is 11.4. The van der Waals surface area contributed by atoms with E-state index in [0.29, 0.717) is 11.4 Å². The highest BCUT2D eigenvalue weighted by Crippen LogP contribution is 2.17. The zero-order chi connectivity index (χ0) is 15.9. The van der Waals surface area contributed by atoms with Gasteiger partial charge in [-0.15, -0.1) is 0 Å². The molecule has 1 rings (SSSR count). The summed E-state index contributed by atoms with van der Waals surface area (Å²) in [6, 6.07) is 6.75. The third-order valence-corrected chi connectivity index (χ3v) is 2.32. The average Bonchev–Trinajstić information content (AvgIpc) is 2.40. The van der Waals surface area contributed by atoms with Gasteiger partial charge in [-0.25, -0.2) is 0 Å². The van der Waals surface area contributed by atoms with Crippen LogP contribution >= 0.6 is 0 Å². The van der Waals surface area contributed by atoms with E-state index in [-0.39, 0.29) is 19.7 Å². The first-order chi connectivity index (χ1) is 9.79. The molecule has 0 aliphatic heterocycles. The molecule has 0 aliphatic carbocycles. The van der Waals surface area contributed by atoms with Gasteiger partial charge in [0.15, 0.2) is 0 Å². The summed E-state index contributed by atoms with van der Waals surface area (Å²) in [6.45, 7) is 1.72. The van der Waals surface area contributed by atoms with E-state index in [1.54, 1.807) is 36.5 Å². The van der Waals surface area contributed by atoms with Gasteiger partial charge in [0.2, 0.25) is 0 Å². The summed E-state index contributed by atoms with van der Waals surface area (Å²) in [7, 11) is 0. The van der Waals surface area contributed by atoms with Crippen LogP contribution in [0.15, 0.2) is 24.3 Å². The lowest BCUT2D eigenvalue weighted by atomic mass is 10.3. The highest BCUT2D eigenvalue weighted by Gasteiger charge is 2.38. The van der Waals surface area contributed by atoms with Crippen molar-refractivity contribution in [3.63, 3.8) is 0 Å². The molecule has 118 valence electrons. The van der Waals surface area contributed by atoms with Crippen LogP contribution in [0, 0.1) is 0 Å². The lowest BCUT2D eigenvalue weighted by molar-refractivity contribution is -0.173. The van der Waals surface area contributed by atoms with Gasteiger partial charge >= 0.3 is 12.1 Å². The van der Waals surface area contributed by atoms with Gasteiger partial charge in [-0.3, -0.25) is 4.79 Å². The Hall–Kier alpha value is -1.96. The van der Waals surface area contributed by atoms with E-state index >= 15 is 0 Å². The zero-order valence-electron chi connectivity index (χ0n) is 11.4. The molecular weight excluding hydrogens is 289 g/mol. The van der Waals surface area contributed by atoms with Gasteiger partial charge < -0.3 is 20.5 Å². The average molecular weight is 306 g/mol. The second-order valence-electron chi connectivity index (χ2n) is 4.37. The third-order valence-electron chi connectivity index (χ3n) is 2.32. The molecule has 0 aliphatic rings. The number of alkyl halides is 3. The largest absolute Gasteiger partial charge is 0.491 e. The first-order valence-electron chi connectivity index (χ1n) is 6.29. The van der Waals surface area contributed by atoms with E-state index in [1.807, 2.05) is 0 Å². The Balaban J connectivity index is 2.35. The molecule has 1 aromatic rings. The Bertz CT molecular complexity index is 464. The first kappa shape index (κ1) is 17.1. The van der Waals surface area contributed by atoms with Crippen molar-refractivity contribution in [2.45, 2.75) is 19.2 Å². The molecule has 0 fully saturated rings. The Morgan fingerprint density at radius 3 is 2.71 bits per heavy atom. The minimum Gasteiger partial charge on any atom is -0.491 e. The van der Waals surface area contributed by atoms with Gasteiger partial charge in [0, 0.05) is 24.8 Å². The molecule has 8 heteroatoms. The van der Waals surface area contributed by atoms with Gasteiger partial charge in [0.05, 0.1) is 6.10 Å². The SMILES string of the molecule is CC(O)COc1cccc(NCCNC(=O)C(F)(F)F)c1. The van der Waals surface area contributed by atoms with E-state index in [2.05, 4.69) is 5.32 Å². The topological polar surface area (TPSA) is 70.6 Å². The van der Waals surface area contributed by atoms with Crippen LogP contribution in [0.1, 0.15) is 6.92 Å². The molecule has 0 spiro atoms. The number of aliphatic hydroxyl groups excluding tert-OH is 1. The predicted octanol–water partition coefficient (Wildman–Crippen LogP) is 1.54. The monoisotopic (exact) mass is 306 g/mol. The number of anilines is 1. The van der Waals surface area contributed by atoms with Crippen LogP contribution in [-0.4, -0.2) is 43.0 Å². The van der Waals surface area contributed by atoms with Crippen LogP contribution in [0.3, 0.4) is 0 Å². The van der Waals surface area contributed by atoms with Crippen LogP contribution in [-0.2, 0) is 4.79 Å². The number of hydrogen-bond acceptors (Lipinski definition) is 4. The van der Waals surface area contributed by atoms with E-state index in [4.69, 9.17) is 9.84 Å². The number of carbonyl (C=O) groups excluding carboxylic acids is 1. The Labute approximate surface area is 120 Å². The minimum atomic E-state index is -4.87. The van der Waals surface area contributed by atoms with Crippen molar-refractivity contribution in [2.75, 3.05) is 25.0 Å². The molecule has 0 aromatic heterocycles. The smallest absolute Gasteiger partial charge is 0.471 e. The van der Waals surface area contributed by atoms with Crippen molar-refractivity contribution in [1.29, 1.82) is 0 Å².